The summed E-state index contributed by atoms with van der Waals surface area (Å²) >= 11 is 1.99. The van der Waals surface area contributed by atoms with Gasteiger partial charge in [0, 0.05) is 17.8 Å². The van der Waals surface area contributed by atoms with Crippen molar-refractivity contribution in [2.45, 2.75) is 43.5 Å². The first-order valence-electron chi connectivity index (χ1n) is 5.12. The van der Waals surface area contributed by atoms with E-state index in [9.17, 15) is 0 Å². The van der Waals surface area contributed by atoms with E-state index in [0.717, 1.165) is 13.1 Å². The molecule has 1 fully saturated rings. The molecule has 1 saturated carbocycles. The lowest BCUT2D eigenvalue weighted by Crippen LogP contribution is -2.38. The SMILES string of the molecule is CSC1(CNC[C@H](C)O)CCCC1. The minimum Gasteiger partial charge on any atom is -0.392 e. The molecule has 0 radical (unpaired) electrons. The molecule has 0 aliphatic heterocycles. The highest BCUT2D eigenvalue weighted by Crippen LogP contribution is 2.39. The Labute approximate surface area is 85.5 Å². The van der Waals surface area contributed by atoms with Crippen molar-refractivity contribution in [2.75, 3.05) is 19.3 Å². The topological polar surface area (TPSA) is 32.3 Å². The fourth-order valence-electron chi connectivity index (χ4n) is 1.98. The number of aliphatic hydroxyl groups is 1. The Morgan fingerprint density at radius 3 is 2.54 bits per heavy atom. The van der Waals surface area contributed by atoms with Gasteiger partial charge in [-0.25, -0.2) is 0 Å². The van der Waals surface area contributed by atoms with Crippen molar-refractivity contribution in [2.24, 2.45) is 0 Å². The minimum absolute atomic E-state index is 0.222. The molecular weight excluding hydrogens is 182 g/mol. The summed E-state index contributed by atoms with van der Waals surface area (Å²) in [4.78, 5) is 0. The zero-order valence-corrected chi connectivity index (χ0v) is 9.49. The van der Waals surface area contributed by atoms with Crippen molar-refractivity contribution < 1.29 is 5.11 Å². The first-order valence-corrected chi connectivity index (χ1v) is 6.35. The second-order valence-corrected chi connectivity index (χ2v) is 5.35. The fraction of sp³-hybridized carbons (Fsp3) is 1.00. The molecule has 1 aliphatic carbocycles. The molecule has 0 aromatic carbocycles. The fourth-order valence-corrected chi connectivity index (χ4v) is 2.92. The van der Waals surface area contributed by atoms with Gasteiger partial charge in [0.05, 0.1) is 6.10 Å². The molecule has 0 saturated heterocycles. The normalized spacial score (nSPS) is 23.3. The molecule has 0 aromatic rings. The van der Waals surface area contributed by atoms with Crippen molar-refractivity contribution in [3.63, 3.8) is 0 Å². The zero-order chi connectivity index (χ0) is 9.73. The first-order chi connectivity index (χ1) is 6.18. The van der Waals surface area contributed by atoms with Gasteiger partial charge in [-0.3, -0.25) is 0 Å². The van der Waals surface area contributed by atoms with Gasteiger partial charge in [0.1, 0.15) is 0 Å². The quantitative estimate of drug-likeness (QED) is 0.712. The summed E-state index contributed by atoms with van der Waals surface area (Å²) in [7, 11) is 0. The highest BCUT2D eigenvalue weighted by Gasteiger charge is 2.32. The molecule has 2 N–H and O–H groups in total. The molecule has 13 heavy (non-hydrogen) atoms. The number of nitrogens with one attached hydrogen (secondary N) is 1. The van der Waals surface area contributed by atoms with E-state index in [1.54, 1.807) is 0 Å². The Bertz CT molecular complexity index is 144. The molecule has 0 bridgehead atoms. The summed E-state index contributed by atoms with van der Waals surface area (Å²) in [6.07, 6.45) is 7.39. The first kappa shape index (κ1) is 11.3. The van der Waals surface area contributed by atoms with Crippen molar-refractivity contribution in [3.05, 3.63) is 0 Å². The van der Waals surface area contributed by atoms with Gasteiger partial charge in [0.15, 0.2) is 0 Å². The van der Waals surface area contributed by atoms with Crippen LogP contribution in [0.5, 0.6) is 0 Å². The molecule has 78 valence electrons. The van der Waals surface area contributed by atoms with Crippen LogP contribution in [0.25, 0.3) is 0 Å². The van der Waals surface area contributed by atoms with E-state index < -0.39 is 0 Å². The molecule has 2 nitrogen and oxygen atoms in total. The minimum atomic E-state index is -0.222. The summed E-state index contributed by atoms with van der Waals surface area (Å²) in [5.74, 6) is 0. The van der Waals surface area contributed by atoms with Gasteiger partial charge in [-0.2, -0.15) is 11.8 Å². The van der Waals surface area contributed by atoms with Crippen LogP contribution in [0.4, 0.5) is 0 Å². The predicted octanol–water partition coefficient (Wildman–Crippen LogP) is 1.63. The average molecular weight is 203 g/mol. The van der Waals surface area contributed by atoms with Crippen LogP contribution in [0.3, 0.4) is 0 Å². The highest BCUT2D eigenvalue weighted by molar-refractivity contribution is 8.00. The van der Waals surface area contributed by atoms with Crippen molar-refractivity contribution in [1.82, 2.24) is 5.32 Å². The molecule has 0 unspecified atom stereocenters. The lowest BCUT2D eigenvalue weighted by Gasteiger charge is -2.27. The number of aliphatic hydroxyl groups excluding tert-OH is 1. The summed E-state index contributed by atoms with van der Waals surface area (Å²) in [5.41, 5.74) is 0. The van der Waals surface area contributed by atoms with E-state index in [1.807, 2.05) is 18.7 Å². The van der Waals surface area contributed by atoms with E-state index in [4.69, 9.17) is 5.11 Å². The number of thioether (sulfide) groups is 1. The van der Waals surface area contributed by atoms with Gasteiger partial charge in [-0.15, -0.1) is 0 Å². The Kier molecular flexibility index (Phi) is 4.56. The Balaban J connectivity index is 2.23. The second-order valence-electron chi connectivity index (χ2n) is 4.07. The van der Waals surface area contributed by atoms with Crippen LogP contribution < -0.4 is 5.32 Å². The zero-order valence-electron chi connectivity index (χ0n) is 8.68. The standard InChI is InChI=1S/C10H21NOS/c1-9(12)7-11-8-10(13-2)5-3-4-6-10/h9,11-12H,3-8H2,1-2H3/t9-/m0/s1. The van der Waals surface area contributed by atoms with Gasteiger partial charge < -0.3 is 10.4 Å². The van der Waals surface area contributed by atoms with Crippen molar-refractivity contribution in [3.8, 4) is 0 Å². The molecular formula is C10H21NOS. The maximum absolute atomic E-state index is 9.11. The third kappa shape index (κ3) is 3.49. The van der Waals surface area contributed by atoms with Crippen LogP contribution in [-0.2, 0) is 0 Å². The maximum Gasteiger partial charge on any atom is 0.0636 e. The van der Waals surface area contributed by atoms with Crippen molar-refractivity contribution in [1.29, 1.82) is 0 Å². The van der Waals surface area contributed by atoms with Crippen LogP contribution in [0.1, 0.15) is 32.6 Å². The molecule has 1 atom stereocenters. The third-order valence-corrected chi connectivity index (χ3v) is 4.25. The van der Waals surface area contributed by atoms with Crippen LogP contribution in [0, 0.1) is 0 Å². The second kappa shape index (κ2) is 5.23. The number of hydrogen-bond donors (Lipinski definition) is 2. The lowest BCUT2D eigenvalue weighted by molar-refractivity contribution is 0.190. The number of rotatable bonds is 5. The van der Waals surface area contributed by atoms with E-state index in [1.165, 1.54) is 25.7 Å². The predicted molar refractivity (Wildman–Crippen MR) is 59.3 cm³/mol. The average Bonchev–Trinajstić information content (AvgIpc) is 2.53. The highest BCUT2D eigenvalue weighted by atomic mass is 32.2. The Hall–Kier alpha value is 0.270. The molecule has 0 aromatic heterocycles. The molecule has 0 spiro atoms. The smallest absolute Gasteiger partial charge is 0.0636 e. The van der Waals surface area contributed by atoms with E-state index in [0.29, 0.717) is 4.75 Å². The number of hydrogen-bond acceptors (Lipinski definition) is 3. The summed E-state index contributed by atoms with van der Waals surface area (Å²) < 4.78 is 0.467. The van der Waals surface area contributed by atoms with E-state index in [2.05, 4.69) is 11.6 Å². The molecule has 0 amide bonds. The summed E-state index contributed by atoms with van der Waals surface area (Å²) in [6.45, 7) is 3.61. The molecule has 3 heteroatoms. The van der Waals surface area contributed by atoms with Gasteiger partial charge in [-0.05, 0) is 26.0 Å². The maximum atomic E-state index is 9.11. The Morgan fingerprint density at radius 1 is 1.46 bits per heavy atom. The Morgan fingerprint density at radius 2 is 2.08 bits per heavy atom. The monoisotopic (exact) mass is 203 g/mol. The van der Waals surface area contributed by atoms with Gasteiger partial charge >= 0.3 is 0 Å². The van der Waals surface area contributed by atoms with E-state index in [-0.39, 0.29) is 6.10 Å². The molecule has 1 rings (SSSR count). The largest absolute Gasteiger partial charge is 0.392 e. The van der Waals surface area contributed by atoms with Gasteiger partial charge in [-0.1, -0.05) is 12.8 Å². The van der Waals surface area contributed by atoms with Crippen LogP contribution in [0.15, 0.2) is 0 Å². The van der Waals surface area contributed by atoms with E-state index >= 15 is 0 Å². The van der Waals surface area contributed by atoms with Crippen molar-refractivity contribution >= 4 is 11.8 Å². The van der Waals surface area contributed by atoms with Gasteiger partial charge in [0.25, 0.3) is 0 Å². The summed E-state index contributed by atoms with van der Waals surface area (Å²) in [5, 5.41) is 12.5. The third-order valence-electron chi connectivity index (χ3n) is 2.83. The summed E-state index contributed by atoms with van der Waals surface area (Å²) in [6, 6.07) is 0. The molecule has 0 heterocycles. The van der Waals surface area contributed by atoms with Crippen LogP contribution >= 0.6 is 11.8 Å². The van der Waals surface area contributed by atoms with Crippen LogP contribution in [0.2, 0.25) is 0 Å². The molecule has 1 aliphatic rings. The van der Waals surface area contributed by atoms with Gasteiger partial charge in [0.2, 0.25) is 0 Å². The lowest BCUT2D eigenvalue weighted by atomic mass is 10.1. The van der Waals surface area contributed by atoms with Crippen LogP contribution in [-0.4, -0.2) is 35.3 Å².